The molecule has 0 aliphatic heterocycles. The van der Waals surface area contributed by atoms with Crippen LogP contribution in [0.15, 0.2) is 0 Å². The molecule has 0 aromatic heterocycles. The normalized spacial score (nSPS) is 12.0. The van der Waals surface area contributed by atoms with Gasteiger partial charge < -0.3 is 0 Å². The van der Waals surface area contributed by atoms with Crippen LogP contribution in [0.4, 0.5) is 0 Å². The fraction of sp³-hybridized carbons (Fsp3) is 1.00. The van der Waals surface area contributed by atoms with E-state index in [0.717, 1.165) is 12.3 Å². The predicted octanol–water partition coefficient (Wildman–Crippen LogP) is 2.17. The van der Waals surface area contributed by atoms with Gasteiger partial charge in [0.05, 0.1) is 14.2 Å². The van der Waals surface area contributed by atoms with Gasteiger partial charge in [-0.25, -0.2) is 9.05 Å². The van der Waals surface area contributed by atoms with Gasteiger partial charge in [0.1, 0.15) is 12.3 Å². The first-order valence-electron chi connectivity index (χ1n) is 3.23. The Morgan fingerprint density at radius 1 is 1.00 bits per heavy atom. The van der Waals surface area contributed by atoms with E-state index in [1.165, 1.54) is 0 Å². The summed E-state index contributed by atoms with van der Waals surface area (Å²) < 4.78 is 10.5. The molecule has 0 amide bonds. The largest absolute Gasteiger partial charge is 0.273 e. The maximum atomic E-state index is 5.27. The molecule has 0 aromatic carbocycles. The van der Waals surface area contributed by atoms with Gasteiger partial charge in [0.15, 0.2) is 0 Å². The zero-order valence-electron chi connectivity index (χ0n) is 6.68. The molecule has 0 aliphatic carbocycles. The topological polar surface area (TPSA) is 18.5 Å². The van der Waals surface area contributed by atoms with Crippen molar-refractivity contribution < 1.29 is 9.05 Å². The maximum absolute atomic E-state index is 5.27. The third-order valence-corrected chi connectivity index (χ3v) is 4.89. The summed E-state index contributed by atoms with van der Waals surface area (Å²) in [6, 6.07) is 0. The molecular weight excluding hydrogens is 135 g/mol. The molecule has 0 bridgehead atoms. The van der Waals surface area contributed by atoms with Crippen molar-refractivity contribution in [2.45, 2.75) is 13.8 Å². The van der Waals surface area contributed by atoms with Crippen LogP contribution >= 0.6 is 7.72 Å². The van der Waals surface area contributed by atoms with Crippen molar-refractivity contribution in [3.05, 3.63) is 0 Å². The van der Waals surface area contributed by atoms with Gasteiger partial charge in [-0.3, -0.25) is 0 Å². The summed E-state index contributed by atoms with van der Waals surface area (Å²) in [6.45, 7) is 4.20. The van der Waals surface area contributed by atoms with E-state index in [1.807, 2.05) is 0 Å². The van der Waals surface area contributed by atoms with Crippen LogP contribution in [0.1, 0.15) is 13.8 Å². The summed E-state index contributed by atoms with van der Waals surface area (Å²) in [5.74, 6) is 0. The van der Waals surface area contributed by atoms with E-state index < -0.39 is 7.72 Å². The Kier molecular flexibility index (Phi) is 4.37. The van der Waals surface area contributed by atoms with E-state index in [1.54, 1.807) is 14.2 Å². The molecule has 0 atom stereocenters. The van der Waals surface area contributed by atoms with Crippen LogP contribution in [-0.4, -0.2) is 26.5 Å². The van der Waals surface area contributed by atoms with Gasteiger partial charge in [-0.2, -0.15) is 0 Å². The summed E-state index contributed by atoms with van der Waals surface area (Å²) in [7, 11) is 2.03. The lowest BCUT2D eigenvalue weighted by Gasteiger charge is -2.16. The Morgan fingerprint density at radius 2 is 1.33 bits per heavy atom. The lowest BCUT2D eigenvalue weighted by atomic mass is 11.0. The Bertz CT molecular complexity index is 53.9. The molecular formula is C6H16O2P+. The minimum Gasteiger partial charge on any atom is -0.210 e. The molecule has 0 N–H and O–H groups in total. The summed E-state index contributed by atoms with van der Waals surface area (Å²) >= 11 is 0. The maximum Gasteiger partial charge on any atom is 0.273 e. The average molecular weight is 151 g/mol. The summed E-state index contributed by atoms with van der Waals surface area (Å²) in [5, 5.41) is 0. The number of hydrogen-bond donors (Lipinski definition) is 0. The highest BCUT2D eigenvalue weighted by Crippen LogP contribution is 2.58. The highest BCUT2D eigenvalue weighted by molar-refractivity contribution is 7.66. The van der Waals surface area contributed by atoms with E-state index in [4.69, 9.17) is 9.05 Å². The van der Waals surface area contributed by atoms with Crippen LogP contribution in [0.25, 0.3) is 0 Å². The van der Waals surface area contributed by atoms with Crippen LogP contribution in [-0.2, 0) is 9.05 Å². The Hall–Kier alpha value is 0.350. The molecule has 56 valence electrons. The Morgan fingerprint density at radius 3 is 1.33 bits per heavy atom. The highest BCUT2D eigenvalue weighted by atomic mass is 31.2. The molecule has 2 nitrogen and oxygen atoms in total. The van der Waals surface area contributed by atoms with E-state index in [0.29, 0.717) is 0 Å². The first-order valence-corrected chi connectivity index (χ1v) is 5.22. The van der Waals surface area contributed by atoms with Crippen LogP contribution < -0.4 is 0 Å². The smallest absolute Gasteiger partial charge is 0.210 e. The van der Waals surface area contributed by atoms with Crippen LogP contribution in [0.2, 0.25) is 0 Å². The molecule has 0 rings (SSSR count). The monoisotopic (exact) mass is 151 g/mol. The van der Waals surface area contributed by atoms with E-state index >= 15 is 0 Å². The quantitative estimate of drug-likeness (QED) is 0.573. The summed E-state index contributed by atoms with van der Waals surface area (Å²) in [4.78, 5) is 0. The van der Waals surface area contributed by atoms with Gasteiger partial charge in [-0.05, 0) is 13.8 Å². The molecule has 0 radical (unpaired) electrons. The average Bonchev–Trinajstić information content (AvgIpc) is 1.95. The second-order valence-corrected chi connectivity index (χ2v) is 5.44. The minimum absolute atomic E-state index is 1.01. The van der Waals surface area contributed by atoms with Crippen molar-refractivity contribution in [2.24, 2.45) is 0 Å². The van der Waals surface area contributed by atoms with Gasteiger partial charge in [0, 0.05) is 0 Å². The zero-order valence-corrected chi connectivity index (χ0v) is 7.57. The molecule has 0 saturated heterocycles. The number of hydrogen-bond acceptors (Lipinski definition) is 2. The van der Waals surface area contributed by atoms with Crippen molar-refractivity contribution in [2.75, 3.05) is 26.5 Å². The Labute approximate surface area is 58.0 Å². The van der Waals surface area contributed by atoms with Gasteiger partial charge in [0.25, 0.3) is 7.72 Å². The number of rotatable bonds is 4. The molecule has 0 fully saturated rings. The van der Waals surface area contributed by atoms with Crippen molar-refractivity contribution in [1.82, 2.24) is 0 Å². The first-order chi connectivity index (χ1) is 4.24. The second-order valence-electron chi connectivity index (χ2n) is 1.81. The van der Waals surface area contributed by atoms with Crippen molar-refractivity contribution >= 4 is 7.72 Å². The van der Waals surface area contributed by atoms with Gasteiger partial charge >= 0.3 is 0 Å². The summed E-state index contributed by atoms with van der Waals surface area (Å²) in [6.07, 6.45) is 2.02. The van der Waals surface area contributed by atoms with Crippen molar-refractivity contribution in [3.8, 4) is 0 Å². The molecule has 0 heterocycles. The van der Waals surface area contributed by atoms with E-state index in [-0.39, 0.29) is 0 Å². The predicted molar refractivity (Wildman–Crippen MR) is 42.0 cm³/mol. The van der Waals surface area contributed by atoms with Crippen molar-refractivity contribution in [3.63, 3.8) is 0 Å². The summed E-state index contributed by atoms with van der Waals surface area (Å²) in [5.41, 5.74) is 0. The molecule has 9 heavy (non-hydrogen) atoms. The lowest BCUT2D eigenvalue weighted by Crippen LogP contribution is -2.03. The highest BCUT2D eigenvalue weighted by Gasteiger charge is 2.34. The van der Waals surface area contributed by atoms with Crippen LogP contribution in [0.3, 0.4) is 0 Å². The lowest BCUT2D eigenvalue weighted by molar-refractivity contribution is 0.318. The fourth-order valence-corrected chi connectivity index (χ4v) is 2.44. The third-order valence-electron chi connectivity index (χ3n) is 1.63. The van der Waals surface area contributed by atoms with Crippen molar-refractivity contribution in [1.29, 1.82) is 0 Å². The Balaban J connectivity index is 3.82. The van der Waals surface area contributed by atoms with Crippen LogP contribution in [0, 0.1) is 0 Å². The SMILES string of the molecule is CC[P+](CC)(OC)OC. The van der Waals surface area contributed by atoms with Gasteiger partial charge in [-0.15, -0.1) is 0 Å². The third kappa shape index (κ3) is 2.21. The molecule has 0 unspecified atom stereocenters. The van der Waals surface area contributed by atoms with E-state index in [9.17, 15) is 0 Å². The first kappa shape index (κ1) is 9.35. The van der Waals surface area contributed by atoms with Gasteiger partial charge in [0.2, 0.25) is 0 Å². The standard InChI is InChI=1S/C6H16O2P/c1-5-9(6-2,7-3)8-4/h5-6H2,1-4H3/q+1. The fourth-order valence-electron chi connectivity index (χ4n) is 0.815. The van der Waals surface area contributed by atoms with E-state index in [2.05, 4.69) is 13.8 Å². The molecule has 0 spiro atoms. The molecule has 0 aromatic rings. The zero-order chi connectivity index (χ0) is 7.33. The second kappa shape index (κ2) is 4.21. The minimum atomic E-state index is -1.42. The molecule has 0 aliphatic rings. The molecule has 3 heteroatoms. The van der Waals surface area contributed by atoms with Gasteiger partial charge in [-0.1, -0.05) is 0 Å². The van der Waals surface area contributed by atoms with Crippen LogP contribution in [0.5, 0.6) is 0 Å². The molecule has 0 saturated carbocycles.